The van der Waals surface area contributed by atoms with Crippen molar-refractivity contribution < 1.29 is 21.9 Å². The van der Waals surface area contributed by atoms with Crippen LogP contribution in [0.5, 0.6) is 0 Å². The number of hydrazine groups is 1. The summed E-state index contributed by atoms with van der Waals surface area (Å²) in [6.45, 7) is 0. The van der Waals surface area contributed by atoms with Gasteiger partial charge in [-0.2, -0.15) is 5.26 Å². The average molecular weight is 359 g/mol. The number of hydrogen-bond donors (Lipinski definition) is 1. The maximum atomic E-state index is 12.9. The highest BCUT2D eigenvalue weighted by molar-refractivity contribution is 7.92. The molecule has 1 saturated heterocycles. The summed E-state index contributed by atoms with van der Waals surface area (Å²) in [6, 6.07) is 6.18. The first-order valence-electron chi connectivity index (χ1n) is 6.69. The smallest absolute Gasteiger partial charge is 0.256 e. The Labute approximate surface area is 135 Å². The van der Waals surface area contributed by atoms with Gasteiger partial charge < -0.3 is 5.11 Å². The summed E-state index contributed by atoms with van der Waals surface area (Å²) in [5, 5.41) is 20.1. The van der Waals surface area contributed by atoms with Crippen LogP contribution in [0, 0.1) is 11.3 Å². The van der Waals surface area contributed by atoms with Crippen LogP contribution in [-0.4, -0.2) is 69.1 Å². The molecule has 8 nitrogen and oxygen atoms in total. The van der Waals surface area contributed by atoms with Gasteiger partial charge in [-0.1, -0.05) is 6.07 Å². The zero-order chi connectivity index (χ0) is 17.4. The molecule has 1 fully saturated rings. The van der Waals surface area contributed by atoms with E-state index in [0.717, 1.165) is 4.41 Å². The van der Waals surface area contributed by atoms with E-state index in [9.17, 15) is 21.9 Å². The Balaban J connectivity index is 2.51. The first kappa shape index (κ1) is 17.8. The number of aliphatic hydroxyl groups is 1. The average Bonchev–Trinajstić information content (AvgIpc) is 2.71. The van der Waals surface area contributed by atoms with Crippen molar-refractivity contribution in [3.63, 3.8) is 0 Å². The Morgan fingerprint density at radius 2 is 1.96 bits per heavy atom. The second-order valence-electron chi connectivity index (χ2n) is 5.48. The van der Waals surface area contributed by atoms with Gasteiger partial charge in [0.05, 0.1) is 40.2 Å². The number of aliphatic hydroxyl groups excluding tert-OH is 1. The largest absolute Gasteiger partial charge is 0.390 e. The van der Waals surface area contributed by atoms with Crippen LogP contribution in [0.4, 0.5) is 0 Å². The quantitative estimate of drug-likeness (QED) is 0.698. The van der Waals surface area contributed by atoms with Crippen molar-refractivity contribution in [3.05, 3.63) is 29.8 Å². The Morgan fingerprint density at radius 3 is 2.43 bits per heavy atom. The van der Waals surface area contributed by atoms with Gasteiger partial charge in [0.1, 0.15) is 0 Å². The van der Waals surface area contributed by atoms with Crippen molar-refractivity contribution in [3.8, 4) is 6.07 Å². The molecule has 2 rings (SSSR count). The zero-order valence-electron chi connectivity index (χ0n) is 12.6. The second-order valence-corrected chi connectivity index (χ2v) is 9.43. The minimum absolute atomic E-state index is 0.137. The summed E-state index contributed by atoms with van der Waals surface area (Å²) < 4.78 is 50.0. The summed E-state index contributed by atoms with van der Waals surface area (Å²) in [7, 11) is -4.73. The molecule has 0 amide bonds. The number of nitrogens with zero attached hydrogens (tertiary/aromatic N) is 3. The fourth-order valence-corrected chi connectivity index (χ4v) is 6.15. The molecule has 1 aromatic carbocycles. The molecule has 0 spiro atoms. The van der Waals surface area contributed by atoms with Crippen LogP contribution in [-0.2, 0) is 19.9 Å². The Kier molecular flexibility index (Phi) is 4.79. The monoisotopic (exact) mass is 359 g/mol. The van der Waals surface area contributed by atoms with E-state index in [1.807, 2.05) is 6.07 Å². The van der Waals surface area contributed by atoms with Gasteiger partial charge >= 0.3 is 0 Å². The standard InChI is InChI=1S/C13H17N3O5S2/c1-15(2)16(12-8-22(18,19)9-13(12)17)23(20,21)11-5-3-4-10(6-11)7-14/h3-6,12-13,17H,8-9H2,1-2H3/t12-,13+/m0/s1. The molecular formula is C13H17N3O5S2. The lowest BCUT2D eigenvalue weighted by molar-refractivity contribution is 0.0272. The van der Waals surface area contributed by atoms with Gasteiger partial charge in [0.2, 0.25) is 0 Å². The van der Waals surface area contributed by atoms with E-state index in [0.29, 0.717) is 0 Å². The topological polar surface area (TPSA) is 119 Å². The maximum Gasteiger partial charge on any atom is 0.256 e. The lowest BCUT2D eigenvalue weighted by Gasteiger charge is -2.34. The van der Waals surface area contributed by atoms with Crippen LogP contribution in [0.3, 0.4) is 0 Å². The molecule has 1 aliphatic rings. The molecule has 0 aromatic heterocycles. The number of sulfone groups is 1. The third-order valence-corrected chi connectivity index (χ3v) is 7.12. The molecule has 0 bridgehead atoms. The Hall–Kier alpha value is -1.51. The summed E-state index contributed by atoms with van der Waals surface area (Å²) >= 11 is 0. The number of nitriles is 1. The molecule has 23 heavy (non-hydrogen) atoms. The summed E-state index contributed by atoms with van der Waals surface area (Å²) in [5.74, 6) is -0.931. The third kappa shape index (κ3) is 3.54. The molecule has 1 heterocycles. The highest BCUT2D eigenvalue weighted by atomic mass is 32.2. The highest BCUT2D eigenvalue weighted by Crippen LogP contribution is 2.26. The van der Waals surface area contributed by atoms with E-state index in [2.05, 4.69) is 0 Å². The maximum absolute atomic E-state index is 12.9. The molecule has 2 atom stereocenters. The van der Waals surface area contributed by atoms with Gasteiger partial charge in [0, 0.05) is 14.1 Å². The molecule has 1 N–H and O–H groups in total. The third-order valence-electron chi connectivity index (χ3n) is 3.48. The summed E-state index contributed by atoms with van der Waals surface area (Å²) in [5.41, 5.74) is 0.171. The molecule has 126 valence electrons. The summed E-state index contributed by atoms with van der Waals surface area (Å²) in [6.07, 6.45) is -1.31. The fraction of sp³-hybridized carbons (Fsp3) is 0.462. The molecule has 0 unspecified atom stereocenters. The number of benzene rings is 1. The zero-order valence-corrected chi connectivity index (χ0v) is 14.2. The van der Waals surface area contributed by atoms with Crippen LogP contribution in [0.2, 0.25) is 0 Å². The van der Waals surface area contributed by atoms with Crippen molar-refractivity contribution in [2.75, 3.05) is 25.6 Å². The minimum Gasteiger partial charge on any atom is -0.390 e. The molecular weight excluding hydrogens is 342 g/mol. The molecule has 1 aliphatic heterocycles. The molecule has 1 aromatic rings. The lowest BCUT2D eigenvalue weighted by atomic mass is 10.2. The number of hydrogen-bond acceptors (Lipinski definition) is 7. The van der Waals surface area contributed by atoms with Crippen molar-refractivity contribution in [2.24, 2.45) is 0 Å². The van der Waals surface area contributed by atoms with Gasteiger partial charge in [0.15, 0.2) is 9.84 Å². The minimum atomic E-state index is -4.12. The first-order chi connectivity index (χ1) is 10.6. The van der Waals surface area contributed by atoms with Crippen LogP contribution < -0.4 is 0 Å². The van der Waals surface area contributed by atoms with E-state index in [4.69, 9.17) is 5.26 Å². The van der Waals surface area contributed by atoms with Gasteiger partial charge in [-0.05, 0) is 18.2 Å². The predicted molar refractivity (Wildman–Crippen MR) is 82.3 cm³/mol. The molecule has 0 radical (unpaired) electrons. The van der Waals surface area contributed by atoms with E-state index < -0.39 is 43.5 Å². The van der Waals surface area contributed by atoms with Crippen LogP contribution in [0.25, 0.3) is 0 Å². The van der Waals surface area contributed by atoms with Crippen LogP contribution in [0.1, 0.15) is 5.56 Å². The number of sulfonamides is 1. The van der Waals surface area contributed by atoms with E-state index in [1.165, 1.54) is 43.4 Å². The number of rotatable bonds is 4. The fourth-order valence-electron chi connectivity index (χ4n) is 2.55. The Morgan fingerprint density at radius 1 is 1.30 bits per heavy atom. The highest BCUT2D eigenvalue weighted by Gasteiger charge is 2.46. The van der Waals surface area contributed by atoms with Gasteiger partial charge in [-0.25, -0.2) is 21.8 Å². The molecule has 0 saturated carbocycles. The van der Waals surface area contributed by atoms with E-state index >= 15 is 0 Å². The van der Waals surface area contributed by atoms with Gasteiger partial charge in [0.25, 0.3) is 10.0 Å². The van der Waals surface area contributed by atoms with Crippen molar-refractivity contribution in [1.29, 1.82) is 5.26 Å². The molecule has 0 aliphatic carbocycles. The van der Waals surface area contributed by atoms with Crippen LogP contribution in [0.15, 0.2) is 29.2 Å². The van der Waals surface area contributed by atoms with Crippen LogP contribution >= 0.6 is 0 Å². The SMILES string of the molecule is CN(C)N([C@H]1CS(=O)(=O)C[C@H]1O)S(=O)(=O)c1cccc(C#N)c1. The Bertz CT molecular complexity index is 843. The van der Waals surface area contributed by atoms with E-state index in [1.54, 1.807) is 0 Å². The van der Waals surface area contributed by atoms with Gasteiger partial charge in [-0.15, -0.1) is 4.41 Å². The molecule has 10 heteroatoms. The van der Waals surface area contributed by atoms with Crippen molar-refractivity contribution >= 4 is 19.9 Å². The second kappa shape index (κ2) is 6.18. The van der Waals surface area contributed by atoms with E-state index in [-0.39, 0.29) is 10.5 Å². The summed E-state index contributed by atoms with van der Waals surface area (Å²) in [4.78, 5) is -0.137. The predicted octanol–water partition coefficient (Wildman–Crippen LogP) is -0.817. The first-order valence-corrected chi connectivity index (χ1v) is 9.95. The van der Waals surface area contributed by atoms with Gasteiger partial charge in [-0.3, -0.25) is 0 Å². The van der Waals surface area contributed by atoms with Crippen molar-refractivity contribution in [1.82, 2.24) is 9.42 Å². The van der Waals surface area contributed by atoms with Crippen molar-refractivity contribution in [2.45, 2.75) is 17.0 Å². The normalized spacial score (nSPS) is 24.0. The lowest BCUT2D eigenvalue weighted by Crippen LogP contribution is -2.53.